The van der Waals surface area contributed by atoms with Crippen molar-refractivity contribution in [2.24, 2.45) is 0 Å². The number of hydrogen-bond donors (Lipinski definition) is 0. The lowest BCUT2D eigenvalue weighted by Crippen LogP contribution is -2.06. The minimum atomic E-state index is -0.395. The third-order valence-corrected chi connectivity index (χ3v) is 4.71. The van der Waals surface area contributed by atoms with Crippen LogP contribution in [0.4, 0.5) is 0 Å². The lowest BCUT2D eigenvalue weighted by molar-refractivity contribution is -0.143. The summed E-state index contributed by atoms with van der Waals surface area (Å²) >= 11 is 3.95. The van der Waals surface area contributed by atoms with Crippen molar-refractivity contribution in [3.05, 3.63) is 38.3 Å². The SMILES string of the molecule is [C-]#[N+]C(CCC(=O)OCC)c1nccc2sc(I)cc12. The number of hydrogen-bond acceptors (Lipinski definition) is 4. The van der Waals surface area contributed by atoms with Gasteiger partial charge in [-0.3, -0.25) is 9.78 Å². The Bertz CT molecular complexity index is 663. The molecule has 0 aliphatic heterocycles. The monoisotopic (exact) mass is 400 g/mol. The molecule has 104 valence electrons. The highest BCUT2D eigenvalue weighted by molar-refractivity contribution is 14.1. The number of ether oxygens (including phenoxy) is 1. The highest BCUT2D eigenvalue weighted by atomic mass is 127. The number of carbonyl (C=O) groups excluding carboxylic acids is 1. The fourth-order valence-electron chi connectivity index (χ4n) is 1.97. The fraction of sp³-hybridized carbons (Fsp3) is 0.357. The standard InChI is InChI=1S/C14H13IN2O2S/c1-3-19-13(18)5-4-10(16-2)14-9-8-12(15)20-11(9)6-7-17-14/h6-8,10H,3-5H2,1H3. The molecule has 0 spiro atoms. The van der Waals surface area contributed by atoms with E-state index in [1.165, 1.54) is 2.88 Å². The average molecular weight is 400 g/mol. The van der Waals surface area contributed by atoms with E-state index in [1.807, 2.05) is 12.1 Å². The van der Waals surface area contributed by atoms with Gasteiger partial charge in [0.25, 0.3) is 6.04 Å². The van der Waals surface area contributed by atoms with Crippen molar-refractivity contribution < 1.29 is 9.53 Å². The van der Waals surface area contributed by atoms with Gasteiger partial charge in [-0.25, -0.2) is 6.57 Å². The number of esters is 1. The number of thiophene rings is 1. The number of aromatic nitrogens is 1. The van der Waals surface area contributed by atoms with E-state index in [1.54, 1.807) is 24.5 Å². The Morgan fingerprint density at radius 1 is 1.65 bits per heavy atom. The molecule has 20 heavy (non-hydrogen) atoms. The Kier molecular flexibility index (Phi) is 5.31. The normalized spacial score (nSPS) is 12.1. The average Bonchev–Trinajstić information content (AvgIpc) is 2.80. The minimum absolute atomic E-state index is 0.250. The van der Waals surface area contributed by atoms with E-state index in [9.17, 15) is 4.79 Å². The van der Waals surface area contributed by atoms with E-state index in [0.29, 0.717) is 13.0 Å². The second kappa shape index (κ2) is 6.99. The molecular weight excluding hydrogens is 387 g/mol. The quantitative estimate of drug-likeness (QED) is 0.429. The maximum absolute atomic E-state index is 11.4. The predicted molar refractivity (Wildman–Crippen MR) is 87.5 cm³/mol. The molecule has 0 saturated carbocycles. The zero-order chi connectivity index (χ0) is 14.5. The van der Waals surface area contributed by atoms with Crippen molar-refractivity contribution in [1.29, 1.82) is 0 Å². The molecule has 0 fully saturated rings. The molecule has 0 aliphatic rings. The highest BCUT2D eigenvalue weighted by Crippen LogP contribution is 2.33. The topological polar surface area (TPSA) is 43.5 Å². The van der Waals surface area contributed by atoms with Crippen LogP contribution >= 0.6 is 33.9 Å². The van der Waals surface area contributed by atoms with Gasteiger partial charge in [0.05, 0.1) is 15.9 Å². The van der Waals surface area contributed by atoms with Gasteiger partial charge in [0.2, 0.25) is 0 Å². The van der Waals surface area contributed by atoms with E-state index < -0.39 is 6.04 Å². The zero-order valence-electron chi connectivity index (χ0n) is 10.9. The Balaban J connectivity index is 2.22. The summed E-state index contributed by atoms with van der Waals surface area (Å²) in [5, 5.41) is 1.02. The molecule has 0 aliphatic carbocycles. The van der Waals surface area contributed by atoms with Crippen molar-refractivity contribution in [2.45, 2.75) is 25.8 Å². The first-order valence-corrected chi connectivity index (χ1v) is 8.11. The van der Waals surface area contributed by atoms with Crippen LogP contribution in [-0.4, -0.2) is 17.6 Å². The predicted octanol–water partition coefficient (Wildman–Crippen LogP) is 4.20. The summed E-state index contributed by atoms with van der Waals surface area (Å²) in [7, 11) is 0. The summed E-state index contributed by atoms with van der Waals surface area (Å²) in [5.41, 5.74) is 0.765. The molecule has 0 bridgehead atoms. The molecular formula is C14H13IN2O2S. The van der Waals surface area contributed by atoms with Gasteiger partial charge >= 0.3 is 5.97 Å². The van der Waals surface area contributed by atoms with E-state index in [-0.39, 0.29) is 12.4 Å². The van der Waals surface area contributed by atoms with E-state index in [2.05, 4.69) is 32.4 Å². The van der Waals surface area contributed by atoms with Gasteiger partial charge in [-0.15, -0.1) is 11.3 Å². The van der Waals surface area contributed by atoms with Gasteiger partial charge in [-0.05, 0) is 41.6 Å². The molecule has 4 nitrogen and oxygen atoms in total. The van der Waals surface area contributed by atoms with Crippen molar-refractivity contribution in [1.82, 2.24) is 4.98 Å². The summed E-state index contributed by atoms with van der Waals surface area (Å²) in [6, 6.07) is 3.61. The van der Waals surface area contributed by atoms with Gasteiger partial charge in [0, 0.05) is 22.7 Å². The first-order chi connectivity index (χ1) is 9.65. The zero-order valence-corrected chi connectivity index (χ0v) is 13.9. The van der Waals surface area contributed by atoms with Crippen molar-refractivity contribution in [3.63, 3.8) is 0 Å². The van der Waals surface area contributed by atoms with Crippen LogP contribution in [0.5, 0.6) is 0 Å². The second-order valence-electron chi connectivity index (χ2n) is 4.15. The number of carbonyl (C=O) groups is 1. The first-order valence-electron chi connectivity index (χ1n) is 6.21. The Morgan fingerprint density at radius 2 is 2.45 bits per heavy atom. The van der Waals surface area contributed by atoms with E-state index in [0.717, 1.165) is 15.8 Å². The second-order valence-corrected chi connectivity index (χ2v) is 7.13. The maximum atomic E-state index is 11.4. The molecule has 2 heterocycles. The van der Waals surface area contributed by atoms with Gasteiger partial charge in [-0.2, -0.15) is 0 Å². The van der Waals surface area contributed by atoms with Crippen molar-refractivity contribution in [2.75, 3.05) is 6.61 Å². The van der Waals surface area contributed by atoms with Crippen LogP contribution in [0, 0.1) is 9.46 Å². The van der Waals surface area contributed by atoms with E-state index in [4.69, 9.17) is 11.3 Å². The maximum Gasteiger partial charge on any atom is 0.306 e. The molecule has 1 atom stereocenters. The van der Waals surface area contributed by atoms with Crippen LogP contribution in [0.3, 0.4) is 0 Å². The van der Waals surface area contributed by atoms with Crippen LogP contribution in [0.1, 0.15) is 31.5 Å². The van der Waals surface area contributed by atoms with E-state index >= 15 is 0 Å². The van der Waals surface area contributed by atoms with Crippen molar-refractivity contribution in [3.8, 4) is 0 Å². The molecule has 0 radical (unpaired) electrons. The summed E-state index contributed by atoms with van der Waals surface area (Å²) in [6.07, 6.45) is 2.42. The lowest BCUT2D eigenvalue weighted by Gasteiger charge is -2.06. The van der Waals surface area contributed by atoms with Crippen LogP contribution in [0.2, 0.25) is 0 Å². The number of nitrogens with zero attached hydrogens (tertiary/aromatic N) is 2. The first kappa shape index (κ1) is 15.2. The van der Waals surface area contributed by atoms with Crippen molar-refractivity contribution >= 4 is 50.0 Å². The third kappa shape index (κ3) is 3.46. The molecule has 0 aromatic carbocycles. The number of halogens is 1. The molecule has 0 N–H and O–H groups in total. The Hall–Kier alpha value is -1.20. The van der Waals surface area contributed by atoms with Gasteiger partial charge in [0.1, 0.15) is 5.69 Å². The summed E-state index contributed by atoms with van der Waals surface area (Å²) in [4.78, 5) is 19.4. The van der Waals surface area contributed by atoms with Gasteiger partial charge in [-0.1, -0.05) is 0 Å². The molecule has 6 heteroatoms. The fourth-order valence-corrected chi connectivity index (χ4v) is 3.78. The molecule has 2 rings (SSSR count). The minimum Gasteiger partial charge on any atom is -0.466 e. The van der Waals surface area contributed by atoms with Crippen LogP contribution < -0.4 is 0 Å². The smallest absolute Gasteiger partial charge is 0.306 e. The Labute approximate surface area is 135 Å². The molecule has 2 aromatic rings. The van der Waals surface area contributed by atoms with Crippen LogP contribution in [0.15, 0.2) is 18.3 Å². The van der Waals surface area contributed by atoms with Gasteiger partial charge < -0.3 is 9.58 Å². The highest BCUT2D eigenvalue weighted by Gasteiger charge is 2.22. The number of rotatable bonds is 5. The summed E-state index contributed by atoms with van der Waals surface area (Å²) in [5.74, 6) is -0.256. The lowest BCUT2D eigenvalue weighted by atomic mass is 10.1. The molecule has 0 saturated heterocycles. The summed E-state index contributed by atoms with van der Waals surface area (Å²) < 4.78 is 7.20. The van der Waals surface area contributed by atoms with Gasteiger partial charge in [0.15, 0.2) is 0 Å². The molecule has 1 unspecified atom stereocenters. The summed E-state index contributed by atoms with van der Waals surface area (Å²) in [6.45, 7) is 9.51. The van der Waals surface area contributed by atoms with Crippen LogP contribution in [0.25, 0.3) is 14.9 Å². The largest absolute Gasteiger partial charge is 0.466 e. The number of pyridine rings is 1. The third-order valence-electron chi connectivity index (χ3n) is 2.84. The molecule has 0 amide bonds. The Morgan fingerprint density at radius 3 is 3.15 bits per heavy atom. The molecule has 2 aromatic heterocycles. The number of fused-ring (bicyclic) bond motifs is 1. The van der Waals surface area contributed by atoms with Crippen LogP contribution in [-0.2, 0) is 9.53 Å².